The molecule has 0 spiro atoms. The molecule has 1 rings (SSSR count). The quantitative estimate of drug-likeness (QED) is 0.726. The molecule has 0 atom stereocenters. The summed E-state index contributed by atoms with van der Waals surface area (Å²) in [5.41, 5.74) is 5.84. The smallest absolute Gasteiger partial charge is 0.272 e. The van der Waals surface area contributed by atoms with Crippen molar-refractivity contribution in [1.82, 2.24) is 9.97 Å². The maximum atomic E-state index is 10.8. The van der Waals surface area contributed by atoms with Gasteiger partial charge in [0.05, 0.1) is 12.3 Å². The van der Waals surface area contributed by atoms with Gasteiger partial charge < -0.3 is 10.5 Å². The summed E-state index contributed by atoms with van der Waals surface area (Å²) in [7, 11) is 0. The van der Waals surface area contributed by atoms with Gasteiger partial charge in [0.15, 0.2) is 5.69 Å². The van der Waals surface area contributed by atoms with Crippen LogP contribution in [0.3, 0.4) is 0 Å². The lowest BCUT2D eigenvalue weighted by atomic mass is 10.4. The lowest BCUT2D eigenvalue weighted by Gasteiger charge is -2.05. The molecule has 0 aromatic carbocycles. The van der Waals surface area contributed by atoms with E-state index in [9.17, 15) is 4.79 Å². The van der Waals surface area contributed by atoms with Crippen LogP contribution in [0.15, 0.2) is 6.20 Å². The summed E-state index contributed by atoms with van der Waals surface area (Å²) in [5.74, 6) is -0.425. The highest BCUT2D eigenvalue weighted by molar-refractivity contribution is 5.92. The molecule has 0 aliphatic heterocycles. The van der Waals surface area contributed by atoms with Crippen molar-refractivity contribution in [3.63, 3.8) is 0 Å². The molecule has 5 heteroatoms. The maximum Gasteiger partial charge on any atom is 0.272 e. The third-order valence-electron chi connectivity index (χ3n) is 1.38. The third-order valence-corrected chi connectivity index (χ3v) is 1.38. The minimum absolute atomic E-state index is 0.0763. The highest BCUT2D eigenvalue weighted by Crippen LogP contribution is 2.11. The number of amides is 1. The molecule has 13 heavy (non-hydrogen) atoms. The summed E-state index contributed by atoms with van der Waals surface area (Å²) in [6.07, 6.45) is 1.47. The summed E-state index contributed by atoms with van der Waals surface area (Å²) >= 11 is 0. The molecule has 0 saturated heterocycles. The van der Waals surface area contributed by atoms with E-state index in [1.54, 1.807) is 13.8 Å². The Hall–Kier alpha value is -1.65. The number of rotatable bonds is 3. The first-order chi connectivity index (χ1) is 6.15. The van der Waals surface area contributed by atoms with Crippen molar-refractivity contribution in [2.45, 2.75) is 13.8 Å². The predicted molar refractivity (Wildman–Crippen MR) is 46.5 cm³/mol. The Bertz CT molecular complexity index is 325. The van der Waals surface area contributed by atoms with Gasteiger partial charge in [0, 0.05) is 6.20 Å². The van der Waals surface area contributed by atoms with Crippen LogP contribution >= 0.6 is 0 Å². The molecule has 2 N–H and O–H groups in total. The van der Waals surface area contributed by atoms with Gasteiger partial charge in [0.1, 0.15) is 0 Å². The molecule has 0 aliphatic rings. The van der Waals surface area contributed by atoms with E-state index in [1.165, 1.54) is 6.20 Å². The van der Waals surface area contributed by atoms with Gasteiger partial charge in [-0.2, -0.15) is 0 Å². The second-order valence-corrected chi connectivity index (χ2v) is 2.46. The molecule has 0 fully saturated rings. The molecule has 0 bridgehead atoms. The summed E-state index contributed by atoms with van der Waals surface area (Å²) in [6.45, 7) is 3.99. The number of aryl methyl sites for hydroxylation is 1. The van der Waals surface area contributed by atoms with Crippen LogP contribution in [0.25, 0.3) is 0 Å². The number of carbonyl (C=O) groups excluding carboxylic acids is 1. The summed E-state index contributed by atoms with van der Waals surface area (Å²) in [5, 5.41) is 0. The van der Waals surface area contributed by atoms with E-state index in [4.69, 9.17) is 10.5 Å². The molecule has 1 aromatic rings. The normalized spacial score (nSPS) is 9.69. The number of hydrogen-bond donors (Lipinski definition) is 1. The van der Waals surface area contributed by atoms with Gasteiger partial charge in [0.25, 0.3) is 5.91 Å². The number of nitrogens with two attached hydrogens (primary N) is 1. The van der Waals surface area contributed by atoms with E-state index < -0.39 is 5.91 Å². The fourth-order valence-corrected chi connectivity index (χ4v) is 0.862. The number of ether oxygens (including phenoxy) is 1. The zero-order chi connectivity index (χ0) is 9.84. The Morgan fingerprint density at radius 2 is 2.38 bits per heavy atom. The van der Waals surface area contributed by atoms with E-state index in [2.05, 4.69) is 9.97 Å². The van der Waals surface area contributed by atoms with Gasteiger partial charge in [-0.15, -0.1) is 0 Å². The highest BCUT2D eigenvalue weighted by atomic mass is 16.5. The van der Waals surface area contributed by atoms with E-state index >= 15 is 0 Å². The van der Waals surface area contributed by atoms with Crippen molar-refractivity contribution in [3.8, 4) is 5.88 Å². The van der Waals surface area contributed by atoms with Gasteiger partial charge in [-0.3, -0.25) is 4.79 Å². The van der Waals surface area contributed by atoms with Gasteiger partial charge in [-0.25, -0.2) is 9.97 Å². The Kier molecular flexibility index (Phi) is 2.79. The fraction of sp³-hybridized carbons (Fsp3) is 0.375. The zero-order valence-electron chi connectivity index (χ0n) is 7.57. The topological polar surface area (TPSA) is 78.1 Å². The second kappa shape index (κ2) is 3.84. The first kappa shape index (κ1) is 9.44. The maximum absolute atomic E-state index is 10.8. The van der Waals surface area contributed by atoms with E-state index in [0.717, 1.165) is 0 Å². The lowest BCUT2D eigenvalue weighted by molar-refractivity contribution is 0.0990. The fourth-order valence-electron chi connectivity index (χ4n) is 0.862. The zero-order valence-corrected chi connectivity index (χ0v) is 7.57. The second-order valence-electron chi connectivity index (χ2n) is 2.46. The van der Waals surface area contributed by atoms with Crippen molar-refractivity contribution in [2.75, 3.05) is 6.61 Å². The number of aromatic nitrogens is 2. The van der Waals surface area contributed by atoms with Gasteiger partial charge in [0.2, 0.25) is 5.88 Å². The van der Waals surface area contributed by atoms with Crippen molar-refractivity contribution in [3.05, 3.63) is 17.6 Å². The van der Waals surface area contributed by atoms with Crippen LogP contribution in [0.1, 0.15) is 23.1 Å². The predicted octanol–water partition coefficient (Wildman–Crippen LogP) is 0.283. The average molecular weight is 181 g/mol. The van der Waals surface area contributed by atoms with Crippen molar-refractivity contribution in [1.29, 1.82) is 0 Å². The molecular formula is C8H11N3O2. The lowest BCUT2D eigenvalue weighted by Crippen LogP contribution is -2.16. The monoisotopic (exact) mass is 181 g/mol. The first-order valence-corrected chi connectivity index (χ1v) is 3.91. The Labute approximate surface area is 75.9 Å². The number of nitrogens with zero attached hydrogens (tertiary/aromatic N) is 2. The van der Waals surface area contributed by atoms with Crippen LogP contribution < -0.4 is 10.5 Å². The van der Waals surface area contributed by atoms with Crippen molar-refractivity contribution in [2.24, 2.45) is 5.73 Å². The van der Waals surface area contributed by atoms with E-state index in [0.29, 0.717) is 12.3 Å². The van der Waals surface area contributed by atoms with Crippen LogP contribution in [0, 0.1) is 6.92 Å². The number of primary amides is 1. The van der Waals surface area contributed by atoms with Gasteiger partial charge in [-0.05, 0) is 13.8 Å². The summed E-state index contributed by atoms with van der Waals surface area (Å²) < 4.78 is 5.10. The molecular weight excluding hydrogens is 170 g/mol. The standard InChI is InChI=1S/C8H11N3O2/c1-3-13-8-6(7(9)12)10-4-5(2)11-8/h4H,3H2,1-2H3,(H2,9,12). The highest BCUT2D eigenvalue weighted by Gasteiger charge is 2.12. The van der Waals surface area contributed by atoms with Crippen LogP contribution in [0.2, 0.25) is 0 Å². The van der Waals surface area contributed by atoms with Crippen LogP contribution in [-0.2, 0) is 0 Å². The molecule has 70 valence electrons. The Morgan fingerprint density at radius 1 is 1.69 bits per heavy atom. The average Bonchev–Trinajstić information content (AvgIpc) is 2.04. The number of hydrogen-bond acceptors (Lipinski definition) is 4. The molecule has 0 saturated carbocycles. The first-order valence-electron chi connectivity index (χ1n) is 3.91. The Morgan fingerprint density at radius 3 is 2.92 bits per heavy atom. The van der Waals surface area contributed by atoms with E-state index in [1.807, 2.05) is 0 Å². The molecule has 0 aliphatic carbocycles. The minimum atomic E-state index is -0.629. The van der Waals surface area contributed by atoms with Gasteiger partial charge in [-0.1, -0.05) is 0 Å². The molecule has 1 amide bonds. The van der Waals surface area contributed by atoms with Crippen LogP contribution in [-0.4, -0.2) is 22.5 Å². The molecule has 0 unspecified atom stereocenters. The minimum Gasteiger partial charge on any atom is -0.476 e. The third kappa shape index (κ3) is 2.14. The van der Waals surface area contributed by atoms with E-state index in [-0.39, 0.29) is 11.6 Å². The molecule has 5 nitrogen and oxygen atoms in total. The molecule has 0 radical (unpaired) electrons. The number of carbonyl (C=O) groups is 1. The van der Waals surface area contributed by atoms with Gasteiger partial charge >= 0.3 is 0 Å². The Balaban J connectivity index is 3.10. The summed E-state index contributed by atoms with van der Waals surface area (Å²) in [4.78, 5) is 18.7. The van der Waals surface area contributed by atoms with Crippen LogP contribution in [0.4, 0.5) is 0 Å². The van der Waals surface area contributed by atoms with Crippen LogP contribution in [0.5, 0.6) is 5.88 Å². The molecule has 1 aromatic heterocycles. The largest absolute Gasteiger partial charge is 0.476 e. The molecule has 1 heterocycles. The SMILES string of the molecule is CCOc1nc(C)cnc1C(N)=O. The summed E-state index contributed by atoms with van der Waals surface area (Å²) in [6, 6.07) is 0. The van der Waals surface area contributed by atoms with Crippen molar-refractivity contribution < 1.29 is 9.53 Å². The van der Waals surface area contributed by atoms with Crippen molar-refractivity contribution >= 4 is 5.91 Å².